The van der Waals surface area contributed by atoms with E-state index in [1.54, 1.807) is 19.9 Å². The van der Waals surface area contributed by atoms with Crippen LogP contribution in [0, 0.1) is 20.8 Å². The summed E-state index contributed by atoms with van der Waals surface area (Å²) in [6.07, 6.45) is -1.02. The number of Topliss-reactive ketones (excluding diaryl/α,β-unsaturated/α-hetero) is 1. The van der Waals surface area contributed by atoms with Gasteiger partial charge in [-0.1, -0.05) is 17.7 Å². The van der Waals surface area contributed by atoms with Crippen molar-refractivity contribution in [3.05, 3.63) is 51.8 Å². The Labute approximate surface area is 164 Å². The fourth-order valence-corrected chi connectivity index (χ4v) is 3.10. The summed E-state index contributed by atoms with van der Waals surface area (Å²) in [7, 11) is 2.81. The van der Waals surface area contributed by atoms with Crippen LogP contribution in [0.25, 0.3) is 0 Å². The molecule has 0 aliphatic heterocycles. The minimum absolute atomic E-state index is 0.0153. The van der Waals surface area contributed by atoms with E-state index in [1.807, 2.05) is 19.1 Å². The molecule has 0 saturated heterocycles. The van der Waals surface area contributed by atoms with Gasteiger partial charge < -0.3 is 19.2 Å². The quantitative estimate of drug-likeness (QED) is 0.579. The molecule has 0 amide bonds. The third kappa shape index (κ3) is 4.42. The first kappa shape index (κ1) is 21.2. The van der Waals surface area contributed by atoms with Crippen LogP contribution in [0.3, 0.4) is 0 Å². The second kappa shape index (κ2) is 8.73. The predicted molar refractivity (Wildman–Crippen MR) is 103 cm³/mol. The summed E-state index contributed by atoms with van der Waals surface area (Å²) >= 11 is 0. The first-order valence-electron chi connectivity index (χ1n) is 8.84. The first-order chi connectivity index (χ1) is 13.2. The van der Waals surface area contributed by atoms with E-state index in [0.717, 1.165) is 5.56 Å². The lowest BCUT2D eigenvalue weighted by Crippen LogP contribution is -2.26. The van der Waals surface area contributed by atoms with Crippen LogP contribution in [0.4, 0.5) is 0 Å². The van der Waals surface area contributed by atoms with Gasteiger partial charge in [0.2, 0.25) is 5.78 Å². The van der Waals surface area contributed by atoms with Gasteiger partial charge in [0.05, 0.1) is 31.9 Å². The van der Waals surface area contributed by atoms with Gasteiger partial charge in [-0.3, -0.25) is 9.59 Å². The maximum atomic E-state index is 12.7. The Morgan fingerprint density at radius 3 is 2.39 bits per heavy atom. The molecule has 1 heterocycles. The van der Waals surface area contributed by atoms with Gasteiger partial charge in [0.1, 0.15) is 5.75 Å². The number of nitrogens with one attached hydrogen (secondary N) is 1. The van der Waals surface area contributed by atoms with Crippen LogP contribution >= 0.6 is 0 Å². The summed E-state index contributed by atoms with van der Waals surface area (Å²) in [6.45, 7) is 6.74. The topological polar surface area (TPSA) is 94.7 Å². The van der Waals surface area contributed by atoms with E-state index in [2.05, 4.69) is 4.98 Å². The van der Waals surface area contributed by atoms with Gasteiger partial charge in [-0.15, -0.1) is 0 Å². The van der Waals surface area contributed by atoms with Crippen molar-refractivity contribution in [1.29, 1.82) is 0 Å². The number of methoxy groups -OCH3 is 2. The summed E-state index contributed by atoms with van der Waals surface area (Å²) in [5, 5.41) is 0. The Morgan fingerprint density at radius 1 is 1.11 bits per heavy atom. The van der Waals surface area contributed by atoms with E-state index in [1.165, 1.54) is 21.1 Å². The van der Waals surface area contributed by atoms with Gasteiger partial charge in [-0.25, -0.2) is 4.79 Å². The Hall–Kier alpha value is -3.09. The summed E-state index contributed by atoms with van der Waals surface area (Å²) in [5.74, 6) is -0.902. The average Bonchev–Trinajstić information content (AvgIpc) is 2.94. The zero-order valence-corrected chi connectivity index (χ0v) is 17.0. The summed E-state index contributed by atoms with van der Waals surface area (Å²) < 4.78 is 15.3. The number of ketones is 1. The van der Waals surface area contributed by atoms with Crippen molar-refractivity contribution < 1.29 is 28.6 Å². The minimum atomic E-state index is -1.01. The highest BCUT2D eigenvalue weighted by atomic mass is 16.5. The van der Waals surface area contributed by atoms with Crippen LogP contribution < -0.4 is 4.74 Å². The molecule has 0 radical (unpaired) electrons. The van der Waals surface area contributed by atoms with Crippen LogP contribution in [-0.2, 0) is 20.7 Å². The number of hydrogen-bond acceptors (Lipinski definition) is 6. The van der Waals surface area contributed by atoms with Gasteiger partial charge in [0.15, 0.2) is 6.10 Å². The normalized spacial score (nSPS) is 11.6. The molecule has 0 spiro atoms. The third-order valence-corrected chi connectivity index (χ3v) is 4.52. The van der Waals surface area contributed by atoms with Crippen LogP contribution in [0.1, 0.15) is 50.2 Å². The Bertz CT molecular complexity index is 912. The summed E-state index contributed by atoms with van der Waals surface area (Å²) in [5.41, 5.74) is 3.21. The highest BCUT2D eigenvalue weighted by Crippen LogP contribution is 2.22. The fraction of sp³-hybridized carbons (Fsp3) is 0.381. The Morgan fingerprint density at radius 2 is 1.79 bits per heavy atom. The van der Waals surface area contributed by atoms with Gasteiger partial charge in [0.25, 0.3) is 0 Å². The van der Waals surface area contributed by atoms with Crippen molar-refractivity contribution in [2.75, 3.05) is 14.2 Å². The van der Waals surface area contributed by atoms with Crippen LogP contribution in [0.15, 0.2) is 18.2 Å². The number of esters is 2. The van der Waals surface area contributed by atoms with Crippen molar-refractivity contribution in [1.82, 2.24) is 4.98 Å². The van der Waals surface area contributed by atoms with Crippen molar-refractivity contribution in [3.8, 4) is 5.75 Å². The van der Waals surface area contributed by atoms with E-state index in [-0.39, 0.29) is 12.1 Å². The van der Waals surface area contributed by atoms with Crippen LogP contribution in [0.2, 0.25) is 0 Å². The number of benzene rings is 1. The van der Waals surface area contributed by atoms with Gasteiger partial charge in [0, 0.05) is 11.3 Å². The molecule has 1 atom stereocenters. The SMILES string of the molecule is COC(=O)c1c(C)[nH]c(C(=O)[C@@H](C)OC(=O)Cc2cc(C)ccc2OC)c1C. The Kier molecular flexibility index (Phi) is 6.62. The molecule has 28 heavy (non-hydrogen) atoms. The number of carbonyl (C=O) groups excluding carboxylic acids is 3. The van der Waals surface area contributed by atoms with Gasteiger partial charge >= 0.3 is 11.9 Å². The molecule has 7 nitrogen and oxygen atoms in total. The van der Waals surface area contributed by atoms with Crippen LogP contribution in [-0.4, -0.2) is 43.0 Å². The largest absolute Gasteiger partial charge is 0.496 e. The smallest absolute Gasteiger partial charge is 0.339 e. The number of rotatable bonds is 7. The van der Waals surface area contributed by atoms with E-state index in [9.17, 15) is 14.4 Å². The molecule has 0 saturated carbocycles. The van der Waals surface area contributed by atoms with Crippen molar-refractivity contribution in [2.24, 2.45) is 0 Å². The molecule has 1 N–H and O–H groups in total. The minimum Gasteiger partial charge on any atom is -0.496 e. The monoisotopic (exact) mass is 387 g/mol. The van der Waals surface area contributed by atoms with Crippen molar-refractivity contribution in [3.63, 3.8) is 0 Å². The average molecular weight is 387 g/mol. The summed E-state index contributed by atoms with van der Waals surface area (Å²) in [6, 6.07) is 5.51. The maximum Gasteiger partial charge on any atom is 0.339 e. The van der Waals surface area contributed by atoms with Crippen molar-refractivity contribution >= 4 is 17.7 Å². The standard InChI is InChI=1S/C21H25NO6/c1-11-7-8-16(26-5)15(9-11)10-17(23)28-14(4)20(24)19-12(2)18(13(3)22-19)21(25)27-6/h7-9,14,22H,10H2,1-6H3/t14-/m1/s1. The molecule has 0 aliphatic carbocycles. The molecule has 2 rings (SSSR count). The molecule has 0 bridgehead atoms. The van der Waals surface area contributed by atoms with Crippen LogP contribution in [0.5, 0.6) is 5.75 Å². The lowest BCUT2D eigenvalue weighted by Gasteiger charge is -2.14. The van der Waals surface area contributed by atoms with E-state index >= 15 is 0 Å². The number of aromatic amines is 1. The lowest BCUT2D eigenvalue weighted by atomic mass is 10.1. The van der Waals surface area contributed by atoms with E-state index in [0.29, 0.717) is 28.1 Å². The van der Waals surface area contributed by atoms with Crippen molar-refractivity contribution in [2.45, 2.75) is 40.2 Å². The molecule has 7 heteroatoms. The summed E-state index contributed by atoms with van der Waals surface area (Å²) in [4.78, 5) is 39.8. The zero-order chi connectivity index (χ0) is 21.0. The molecule has 1 aromatic carbocycles. The van der Waals surface area contributed by atoms with Gasteiger partial charge in [-0.2, -0.15) is 0 Å². The fourth-order valence-electron chi connectivity index (χ4n) is 3.10. The van der Waals surface area contributed by atoms with E-state index < -0.39 is 23.8 Å². The molecule has 1 aromatic heterocycles. The Balaban J connectivity index is 2.14. The molecule has 0 fully saturated rings. The number of carbonyl (C=O) groups is 3. The molecule has 0 aliphatic rings. The van der Waals surface area contributed by atoms with E-state index in [4.69, 9.17) is 14.2 Å². The highest BCUT2D eigenvalue weighted by molar-refractivity contribution is 6.04. The number of H-pyrrole nitrogens is 1. The molecule has 0 unspecified atom stereocenters. The third-order valence-electron chi connectivity index (χ3n) is 4.52. The van der Waals surface area contributed by atoms with Gasteiger partial charge in [-0.05, 0) is 39.3 Å². The number of aryl methyl sites for hydroxylation is 2. The number of ether oxygens (including phenoxy) is 3. The lowest BCUT2D eigenvalue weighted by molar-refractivity contribution is -0.145. The zero-order valence-electron chi connectivity index (χ0n) is 17.0. The second-order valence-corrected chi connectivity index (χ2v) is 6.60. The highest BCUT2D eigenvalue weighted by Gasteiger charge is 2.27. The second-order valence-electron chi connectivity index (χ2n) is 6.60. The molecular weight excluding hydrogens is 362 g/mol. The molecular formula is C21H25NO6. The molecule has 150 valence electrons. The molecule has 2 aromatic rings. The number of aromatic nitrogens is 1. The predicted octanol–water partition coefficient (Wildman–Crippen LogP) is 3.09. The first-order valence-corrected chi connectivity index (χ1v) is 8.84. The number of hydrogen-bond donors (Lipinski definition) is 1. The maximum absolute atomic E-state index is 12.7.